The number of fused-ring (bicyclic) bond motifs is 2. The lowest BCUT2D eigenvalue weighted by Crippen LogP contribution is -2.50. The Morgan fingerprint density at radius 3 is 2.50 bits per heavy atom. The fourth-order valence-electron chi connectivity index (χ4n) is 7.58. The maximum Gasteiger partial charge on any atom is 0.407 e. The van der Waals surface area contributed by atoms with Gasteiger partial charge in [0.25, 0.3) is 5.91 Å². The Bertz CT molecular complexity index is 1910. The minimum Gasteiger partial charge on any atom is -0.444 e. The number of piperidine rings is 2. The number of alkyl carbamates (subject to hydrolysis) is 1. The van der Waals surface area contributed by atoms with Gasteiger partial charge in [-0.25, -0.2) is 9.31 Å². The minimum atomic E-state index is -0.583. The summed E-state index contributed by atoms with van der Waals surface area (Å²) in [6, 6.07) is 8.04. The van der Waals surface area contributed by atoms with Crippen LogP contribution in [0.1, 0.15) is 86.8 Å². The third-order valence-electron chi connectivity index (χ3n) is 10.3. The number of methoxy groups -OCH3 is 1. The molecule has 0 aromatic carbocycles. The quantitative estimate of drug-likeness (QED) is 0.258. The first-order valence-corrected chi connectivity index (χ1v) is 18.0. The van der Waals surface area contributed by atoms with E-state index in [2.05, 4.69) is 28.9 Å². The van der Waals surface area contributed by atoms with Crippen LogP contribution in [0.5, 0.6) is 0 Å². The standard InChI is InChI=1S/C38H49N7O5/c1-24-30-11-10-28(36(47)43-16-6-7-29(22-43)40-37(48)50-38(2,3)4)21-45(30)41-33(24)31-19-27-12-15-39-34(35(27)44(31)20-25-8-9-25)26-13-17-42(18-14-26)32(46)23-49-5/h10-12,15,19,21,25-26,29H,6-9,13-14,16-18,20,22-23H2,1-5H3,(H,40,48)/t29-/m1/s1. The number of aromatic nitrogens is 4. The molecule has 2 aliphatic heterocycles. The maximum atomic E-state index is 13.7. The van der Waals surface area contributed by atoms with Gasteiger partial charge < -0.3 is 29.2 Å². The van der Waals surface area contributed by atoms with Crippen LogP contribution in [0, 0.1) is 12.8 Å². The summed E-state index contributed by atoms with van der Waals surface area (Å²) in [4.78, 5) is 47.3. The van der Waals surface area contributed by atoms with Crippen LogP contribution < -0.4 is 5.32 Å². The lowest BCUT2D eigenvalue weighted by Gasteiger charge is -2.33. The zero-order valence-corrected chi connectivity index (χ0v) is 29.9. The molecular weight excluding hydrogens is 634 g/mol. The van der Waals surface area contributed by atoms with Crippen LogP contribution in [-0.2, 0) is 20.8 Å². The molecule has 1 atom stereocenters. The summed E-state index contributed by atoms with van der Waals surface area (Å²) in [5.74, 6) is 0.853. The van der Waals surface area contributed by atoms with E-state index in [0.717, 1.165) is 65.8 Å². The van der Waals surface area contributed by atoms with Gasteiger partial charge in [0, 0.05) is 75.1 Å². The number of rotatable bonds is 8. The average molecular weight is 684 g/mol. The monoisotopic (exact) mass is 683 g/mol. The molecule has 3 aliphatic rings. The van der Waals surface area contributed by atoms with Gasteiger partial charge >= 0.3 is 6.09 Å². The molecule has 12 nitrogen and oxygen atoms in total. The van der Waals surface area contributed by atoms with E-state index in [0.29, 0.717) is 37.7 Å². The Morgan fingerprint density at radius 1 is 1.00 bits per heavy atom. The molecule has 2 saturated heterocycles. The van der Waals surface area contributed by atoms with Crippen LogP contribution in [0.3, 0.4) is 0 Å². The molecule has 0 unspecified atom stereocenters. The Morgan fingerprint density at radius 2 is 1.78 bits per heavy atom. The van der Waals surface area contributed by atoms with E-state index in [1.165, 1.54) is 18.4 Å². The second-order valence-electron chi connectivity index (χ2n) is 15.3. The summed E-state index contributed by atoms with van der Waals surface area (Å²) in [5, 5.41) is 9.20. The van der Waals surface area contributed by atoms with Crippen LogP contribution in [0.2, 0.25) is 0 Å². The average Bonchev–Trinajstić information content (AvgIpc) is 3.76. The van der Waals surface area contributed by atoms with E-state index in [1.54, 1.807) is 7.11 Å². The first-order valence-electron chi connectivity index (χ1n) is 18.0. The smallest absolute Gasteiger partial charge is 0.407 e. The fraction of sp³-hybridized carbons (Fsp3) is 0.553. The largest absolute Gasteiger partial charge is 0.444 e. The molecule has 3 amide bonds. The van der Waals surface area contributed by atoms with Crippen molar-refractivity contribution >= 4 is 34.3 Å². The molecule has 266 valence electrons. The molecule has 1 saturated carbocycles. The molecule has 4 aromatic heterocycles. The predicted octanol–water partition coefficient (Wildman–Crippen LogP) is 5.55. The van der Waals surface area contributed by atoms with Crippen molar-refractivity contribution in [3.05, 3.63) is 53.5 Å². The van der Waals surface area contributed by atoms with Crippen molar-refractivity contribution in [2.45, 2.75) is 90.3 Å². The Hall–Kier alpha value is -4.45. The SMILES string of the molecule is COCC(=O)N1CCC(c2nccc3cc(-c4nn5cc(C(=O)N6CCC[C@@H](NC(=O)OC(C)(C)C)C6)ccc5c4C)n(CC4CC4)c23)CC1. The molecule has 0 spiro atoms. The van der Waals surface area contributed by atoms with Gasteiger partial charge in [0.2, 0.25) is 5.91 Å². The van der Waals surface area contributed by atoms with Crippen LogP contribution >= 0.6 is 0 Å². The van der Waals surface area contributed by atoms with Gasteiger partial charge in [-0.15, -0.1) is 0 Å². The Balaban J connectivity index is 1.16. The first kappa shape index (κ1) is 34.0. The fourth-order valence-corrected chi connectivity index (χ4v) is 7.58. The summed E-state index contributed by atoms with van der Waals surface area (Å²) < 4.78 is 14.8. The number of amides is 3. The molecule has 12 heteroatoms. The van der Waals surface area contributed by atoms with Gasteiger partial charge in [-0.3, -0.25) is 14.6 Å². The number of hydrogen-bond donors (Lipinski definition) is 1. The molecule has 1 aliphatic carbocycles. The van der Waals surface area contributed by atoms with Gasteiger partial charge in [-0.05, 0) is 96.4 Å². The maximum absolute atomic E-state index is 13.7. The Kier molecular flexibility index (Phi) is 9.32. The lowest BCUT2D eigenvalue weighted by molar-refractivity contribution is -0.136. The highest BCUT2D eigenvalue weighted by atomic mass is 16.6. The minimum absolute atomic E-state index is 0.0408. The van der Waals surface area contributed by atoms with E-state index < -0.39 is 11.7 Å². The zero-order valence-electron chi connectivity index (χ0n) is 29.9. The zero-order chi connectivity index (χ0) is 35.2. The molecule has 0 bridgehead atoms. The molecule has 7 rings (SSSR count). The first-order chi connectivity index (χ1) is 24.0. The Labute approximate surface area is 293 Å². The van der Waals surface area contributed by atoms with Crippen LogP contribution in [0.15, 0.2) is 36.7 Å². The van der Waals surface area contributed by atoms with Gasteiger partial charge in [-0.1, -0.05) is 0 Å². The molecule has 1 N–H and O–H groups in total. The predicted molar refractivity (Wildman–Crippen MR) is 190 cm³/mol. The van der Waals surface area contributed by atoms with Crippen molar-refractivity contribution < 1.29 is 23.9 Å². The summed E-state index contributed by atoms with van der Waals surface area (Å²) in [5.41, 5.74) is 6.22. The van der Waals surface area contributed by atoms with Crippen molar-refractivity contribution in [2.75, 3.05) is 39.9 Å². The molecule has 3 fully saturated rings. The van der Waals surface area contributed by atoms with Crippen LogP contribution in [0.25, 0.3) is 27.8 Å². The van der Waals surface area contributed by atoms with Crippen LogP contribution in [-0.4, -0.2) is 98.4 Å². The van der Waals surface area contributed by atoms with E-state index in [-0.39, 0.29) is 30.4 Å². The van der Waals surface area contributed by atoms with E-state index >= 15 is 0 Å². The van der Waals surface area contributed by atoms with Crippen molar-refractivity contribution in [1.82, 2.24) is 34.3 Å². The number of nitrogens with one attached hydrogen (secondary N) is 1. The molecular formula is C38H49N7O5. The summed E-state index contributed by atoms with van der Waals surface area (Å²) in [7, 11) is 1.56. The van der Waals surface area contributed by atoms with Crippen molar-refractivity contribution in [2.24, 2.45) is 5.92 Å². The second-order valence-corrected chi connectivity index (χ2v) is 15.3. The van der Waals surface area contributed by atoms with Crippen molar-refractivity contribution in [3.8, 4) is 11.4 Å². The van der Waals surface area contributed by atoms with Crippen LogP contribution in [0.4, 0.5) is 4.79 Å². The van der Waals surface area contributed by atoms with Gasteiger partial charge in [0.15, 0.2) is 0 Å². The molecule has 6 heterocycles. The van der Waals surface area contributed by atoms with E-state index in [4.69, 9.17) is 19.6 Å². The van der Waals surface area contributed by atoms with E-state index in [9.17, 15) is 14.4 Å². The number of carbonyl (C=O) groups is 3. The lowest BCUT2D eigenvalue weighted by atomic mass is 9.92. The highest BCUT2D eigenvalue weighted by Gasteiger charge is 2.31. The van der Waals surface area contributed by atoms with E-state index in [1.807, 2.05) is 59.6 Å². The number of hydrogen-bond acceptors (Lipinski definition) is 7. The number of likely N-dealkylation sites (tertiary alicyclic amines) is 2. The number of pyridine rings is 2. The van der Waals surface area contributed by atoms with Gasteiger partial charge in [-0.2, -0.15) is 5.10 Å². The van der Waals surface area contributed by atoms with Crippen molar-refractivity contribution in [1.29, 1.82) is 0 Å². The highest BCUT2D eigenvalue weighted by Crippen LogP contribution is 2.40. The summed E-state index contributed by atoms with van der Waals surface area (Å²) in [6.07, 6.45) is 9.04. The number of nitrogens with zero attached hydrogens (tertiary/aromatic N) is 6. The molecule has 4 aromatic rings. The molecule has 50 heavy (non-hydrogen) atoms. The summed E-state index contributed by atoms with van der Waals surface area (Å²) in [6.45, 7) is 11.1. The normalized spacial score (nSPS) is 18.9. The third kappa shape index (κ3) is 7.08. The summed E-state index contributed by atoms with van der Waals surface area (Å²) >= 11 is 0. The topological polar surface area (TPSA) is 123 Å². The second kappa shape index (κ2) is 13.7. The van der Waals surface area contributed by atoms with Gasteiger partial charge in [0.1, 0.15) is 17.9 Å². The van der Waals surface area contributed by atoms with Gasteiger partial charge in [0.05, 0.1) is 28.0 Å². The molecule has 0 radical (unpaired) electrons. The number of aryl methyl sites for hydroxylation is 1. The third-order valence-corrected chi connectivity index (χ3v) is 10.3. The van der Waals surface area contributed by atoms with Crippen molar-refractivity contribution in [3.63, 3.8) is 0 Å². The highest BCUT2D eigenvalue weighted by molar-refractivity contribution is 5.95. The number of carbonyl (C=O) groups excluding carboxylic acids is 3. The number of ether oxygens (including phenoxy) is 2.